The van der Waals surface area contributed by atoms with Crippen molar-refractivity contribution in [3.63, 3.8) is 0 Å². The van der Waals surface area contributed by atoms with E-state index in [2.05, 4.69) is 41.4 Å². The first-order chi connectivity index (χ1) is 9.93. The number of hydrogen-bond donors (Lipinski definition) is 3. The summed E-state index contributed by atoms with van der Waals surface area (Å²) < 4.78 is 0. The van der Waals surface area contributed by atoms with Crippen molar-refractivity contribution in [2.45, 2.75) is 32.2 Å². The van der Waals surface area contributed by atoms with Gasteiger partial charge in [0.25, 0.3) is 0 Å². The lowest BCUT2D eigenvalue weighted by Gasteiger charge is -2.13. The standard InChI is InChI=1S/C15H20N4OS/c1-15(2,3)14-18-10-5-4-9(6-11(10)19-14)17-13(20)12-7-21-8-16-12/h4-6,12,16H,7-8H2,1-3H3,(H,17,20)(H,18,19). The van der Waals surface area contributed by atoms with Crippen LogP contribution in [0.15, 0.2) is 18.2 Å². The zero-order valence-corrected chi connectivity index (χ0v) is 13.3. The van der Waals surface area contributed by atoms with Crippen LogP contribution in [-0.4, -0.2) is 33.5 Å². The molecule has 0 spiro atoms. The molecular formula is C15H20N4OS. The van der Waals surface area contributed by atoms with Gasteiger partial charge in [-0.2, -0.15) is 0 Å². The lowest BCUT2D eigenvalue weighted by atomic mass is 9.96. The Hall–Kier alpha value is -1.53. The second kappa shape index (κ2) is 5.35. The van der Waals surface area contributed by atoms with Gasteiger partial charge >= 0.3 is 0 Å². The van der Waals surface area contributed by atoms with E-state index in [1.165, 1.54) is 0 Å². The molecule has 1 aliphatic heterocycles. The van der Waals surface area contributed by atoms with E-state index in [1.54, 1.807) is 11.8 Å². The third-order valence-corrected chi connectivity index (χ3v) is 4.43. The number of anilines is 1. The molecule has 2 aromatic rings. The van der Waals surface area contributed by atoms with Gasteiger partial charge in [-0.15, -0.1) is 11.8 Å². The number of nitrogens with one attached hydrogen (secondary N) is 3. The maximum absolute atomic E-state index is 12.1. The van der Waals surface area contributed by atoms with Crippen LogP contribution in [0.4, 0.5) is 5.69 Å². The molecule has 1 amide bonds. The van der Waals surface area contributed by atoms with Crippen LogP contribution in [0.5, 0.6) is 0 Å². The molecule has 3 N–H and O–H groups in total. The average Bonchev–Trinajstić information content (AvgIpc) is 3.06. The van der Waals surface area contributed by atoms with Crippen molar-refractivity contribution in [2.24, 2.45) is 0 Å². The van der Waals surface area contributed by atoms with Crippen LogP contribution in [-0.2, 0) is 10.2 Å². The molecule has 1 atom stereocenters. The highest BCUT2D eigenvalue weighted by molar-refractivity contribution is 7.99. The number of carbonyl (C=O) groups excluding carboxylic acids is 1. The highest BCUT2D eigenvalue weighted by Gasteiger charge is 2.23. The summed E-state index contributed by atoms with van der Waals surface area (Å²) in [6.07, 6.45) is 0. The number of amides is 1. The van der Waals surface area contributed by atoms with E-state index in [-0.39, 0.29) is 17.4 Å². The van der Waals surface area contributed by atoms with Gasteiger partial charge in [-0.3, -0.25) is 10.1 Å². The Morgan fingerprint density at radius 3 is 2.90 bits per heavy atom. The molecule has 1 aromatic carbocycles. The Balaban J connectivity index is 1.82. The predicted octanol–water partition coefficient (Wildman–Crippen LogP) is 2.46. The molecule has 1 aromatic heterocycles. The first kappa shape index (κ1) is 14.4. The van der Waals surface area contributed by atoms with Crippen LogP contribution < -0.4 is 10.6 Å². The molecular weight excluding hydrogens is 284 g/mol. The fourth-order valence-corrected chi connectivity index (χ4v) is 3.18. The minimum Gasteiger partial charge on any atom is -0.341 e. The van der Waals surface area contributed by atoms with Gasteiger partial charge in [-0.1, -0.05) is 20.8 Å². The van der Waals surface area contributed by atoms with Crippen molar-refractivity contribution >= 4 is 34.4 Å². The summed E-state index contributed by atoms with van der Waals surface area (Å²) in [5, 5.41) is 6.13. The number of fused-ring (bicyclic) bond motifs is 1. The van der Waals surface area contributed by atoms with Crippen LogP contribution in [0, 0.1) is 0 Å². The van der Waals surface area contributed by atoms with Crippen molar-refractivity contribution in [3.05, 3.63) is 24.0 Å². The zero-order valence-electron chi connectivity index (χ0n) is 12.5. The lowest BCUT2D eigenvalue weighted by molar-refractivity contribution is -0.117. The number of imidazole rings is 1. The molecule has 0 bridgehead atoms. The van der Waals surface area contributed by atoms with E-state index in [0.717, 1.165) is 34.2 Å². The van der Waals surface area contributed by atoms with E-state index >= 15 is 0 Å². The number of benzene rings is 1. The second-order valence-electron chi connectivity index (χ2n) is 6.33. The monoisotopic (exact) mass is 304 g/mol. The number of aromatic nitrogens is 2. The largest absolute Gasteiger partial charge is 0.341 e. The minimum absolute atomic E-state index is 0.0204. The van der Waals surface area contributed by atoms with E-state index in [1.807, 2.05) is 18.2 Å². The summed E-state index contributed by atoms with van der Waals surface area (Å²) in [5.41, 5.74) is 2.65. The summed E-state index contributed by atoms with van der Waals surface area (Å²) >= 11 is 1.74. The van der Waals surface area contributed by atoms with Crippen LogP contribution in [0.3, 0.4) is 0 Å². The molecule has 1 fully saturated rings. The van der Waals surface area contributed by atoms with Crippen LogP contribution in [0.25, 0.3) is 11.0 Å². The van der Waals surface area contributed by atoms with Gasteiger partial charge in [0.05, 0.1) is 17.1 Å². The third kappa shape index (κ3) is 3.06. The molecule has 0 aliphatic carbocycles. The number of rotatable bonds is 2. The maximum Gasteiger partial charge on any atom is 0.242 e. The van der Waals surface area contributed by atoms with E-state index in [0.29, 0.717) is 0 Å². The van der Waals surface area contributed by atoms with Crippen LogP contribution in [0.2, 0.25) is 0 Å². The van der Waals surface area contributed by atoms with E-state index in [4.69, 9.17) is 0 Å². The summed E-state index contributed by atoms with van der Waals surface area (Å²) in [7, 11) is 0. The van der Waals surface area contributed by atoms with Crippen molar-refractivity contribution < 1.29 is 4.79 Å². The molecule has 112 valence electrons. The summed E-state index contributed by atoms with van der Waals surface area (Å²) in [6, 6.07) is 5.68. The van der Waals surface area contributed by atoms with Crippen molar-refractivity contribution in [2.75, 3.05) is 16.9 Å². The Labute approximate surface area is 128 Å². The van der Waals surface area contributed by atoms with E-state index in [9.17, 15) is 4.79 Å². The van der Waals surface area contributed by atoms with Crippen LogP contribution in [0.1, 0.15) is 26.6 Å². The predicted molar refractivity (Wildman–Crippen MR) is 87.7 cm³/mol. The molecule has 21 heavy (non-hydrogen) atoms. The van der Waals surface area contributed by atoms with Crippen molar-refractivity contribution in [3.8, 4) is 0 Å². The first-order valence-corrected chi connectivity index (χ1v) is 8.21. The molecule has 3 rings (SSSR count). The van der Waals surface area contributed by atoms with Gasteiger partial charge in [0.2, 0.25) is 5.91 Å². The molecule has 5 nitrogen and oxygen atoms in total. The highest BCUT2D eigenvalue weighted by atomic mass is 32.2. The van der Waals surface area contributed by atoms with Gasteiger partial charge in [-0.25, -0.2) is 4.98 Å². The lowest BCUT2D eigenvalue weighted by Crippen LogP contribution is -2.37. The normalized spacial score (nSPS) is 19.1. The van der Waals surface area contributed by atoms with Gasteiger partial charge in [0.15, 0.2) is 0 Å². The topological polar surface area (TPSA) is 69.8 Å². The van der Waals surface area contributed by atoms with Crippen LogP contribution >= 0.6 is 11.8 Å². The molecule has 1 unspecified atom stereocenters. The summed E-state index contributed by atoms with van der Waals surface area (Å²) in [4.78, 5) is 20.0. The summed E-state index contributed by atoms with van der Waals surface area (Å²) in [5.74, 6) is 2.64. The number of carbonyl (C=O) groups is 1. The maximum atomic E-state index is 12.1. The fourth-order valence-electron chi connectivity index (χ4n) is 2.24. The molecule has 0 radical (unpaired) electrons. The van der Waals surface area contributed by atoms with Gasteiger partial charge in [-0.05, 0) is 18.2 Å². The number of aromatic amines is 1. The highest BCUT2D eigenvalue weighted by Crippen LogP contribution is 2.24. The van der Waals surface area contributed by atoms with Gasteiger partial charge in [0.1, 0.15) is 5.82 Å². The number of hydrogen-bond acceptors (Lipinski definition) is 4. The Morgan fingerprint density at radius 2 is 2.24 bits per heavy atom. The second-order valence-corrected chi connectivity index (χ2v) is 7.36. The van der Waals surface area contributed by atoms with Gasteiger partial charge in [0, 0.05) is 22.7 Å². The van der Waals surface area contributed by atoms with Crippen molar-refractivity contribution in [1.29, 1.82) is 0 Å². The summed E-state index contributed by atoms with van der Waals surface area (Å²) in [6.45, 7) is 6.37. The average molecular weight is 304 g/mol. The molecule has 1 saturated heterocycles. The number of thioether (sulfide) groups is 1. The Kier molecular flexibility index (Phi) is 3.67. The first-order valence-electron chi connectivity index (χ1n) is 7.06. The molecule has 1 aliphatic rings. The molecule has 0 saturated carbocycles. The minimum atomic E-state index is -0.0994. The van der Waals surface area contributed by atoms with Crippen molar-refractivity contribution in [1.82, 2.24) is 15.3 Å². The Bertz CT molecular complexity index is 668. The molecule has 6 heteroatoms. The number of nitrogens with zero attached hydrogens (tertiary/aromatic N) is 1. The quantitative estimate of drug-likeness (QED) is 0.797. The third-order valence-electron chi connectivity index (χ3n) is 3.49. The fraction of sp³-hybridized carbons (Fsp3) is 0.467. The zero-order chi connectivity index (χ0) is 15.0. The molecule has 2 heterocycles. The van der Waals surface area contributed by atoms with Gasteiger partial charge < -0.3 is 10.3 Å². The van der Waals surface area contributed by atoms with E-state index < -0.39 is 0 Å². The Morgan fingerprint density at radius 1 is 1.43 bits per heavy atom. The smallest absolute Gasteiger partial charge is 0.242 e. The number of H-pyrrole nitrogens is 1. The SMILES string of the molecule is CC(C)(C)c1nc2ccc(NC(=O)C3CSCN3)cc2[nH]1.